The van der Waals surface area contributed by atoms with Crippen molar-refractivity contribution in [1.82, 2.24) is 0 Å². The van der Waals surface area contributed by atoms with Gasteiger partial charge in [-0.2, -0.15) is 0 Å². The van der Waals surface area contributed by atoms with Gasteiger partial charge in [0.25, 0.3) is 0 Å². The van der Waals surface area contributed by atoms with Crippen LogP contribution in [-0.4, -0.2) is 0 Å². The third-order valence-electron chi connectivity index (χ3n) is 9.24. The van der Waals surface area contributed by atoms with E-state index in [-0.39, 0.29) is 0 Å². The molecule has 7 aromatic carbocycles. The Morgan fingerprint density at radius 1 is 0.318 bits per heavy atom. The number of rotatable bonds is 5. The predicted molar refractivity (Wildman–Crippen MR) is 185 cm³/mol. The van der Waals surface area contributed by atoms with Crippen molar-refractivity contribution < 1.29 is 0 Å². The van der Waals surface area contributed by atoms with Gasteiger partial charge in [-0.1, -0.05) is 175 Å². The van der Waals surface area contributed by atoms with E-state index >= 15 is 0 Å². The lowest BCUT2D eigenvalue weighted by molar-refractivity contribution is 0.769. The van der Waals surface area contributed by atoms with Crippen LogP contribution in [0.1, 0.15) is 27.8 Å². The van der Waals surface area contributed by atoms with Crippen molar-refractivity contribution >= 4 is 0 Å². The van der Waals surface area contributed by atoms with Crippen molar-refractivity contribution in [3.8, 4) is 44.5 Å². The highest BCUT2D eigenvalue weighted by Gasteiger charge is 2.45. The Labute approximate surface area is 259 Å². The van der Waals surface area contributed by atoms with E-state index in [1.807, 2.05) is 0 Å². The Morgan fingerprint density at radius 3 is 1.39 bits per heavy atom. The van der Waals surface area contributed by atoms with Gasteiger partial charge >= 0.3 is 0 Å². The van der Waals surface area contributed by atoms with Crippen molar-refractivity contribution in [2.45, 2.75) is 12.3 Å². The van der Waals surface area contributed by atoms with Crippen molar-refractivity contribution in [3.05, 3.63) is 204 Å². The zero-order chi connectivity index (χ0) is 29.5. The van der Waals surface area contributed by atoms with Crippen LogP contribution in [0.15, 0.2) is 176 Å². The lowest BCUT2D eigenvalue weighted by Gasteiger charge is -2.34. The van der Waals surface area contributed by atoms with Crippen LogP contribution in [0.3, 0.4) is 0 Å². The van der Waals surface area contributed by atoms with Gasteiger partial charge in [0.15, 0.2) is 0 Å². The molecule has 0 fully saturated rings. The average Bonchev–Trinajstić information content (AvgIpc) is 3.40. The predicted octanol–water partition coefficient (Wildman–Crippen LogP) is 11.4. The van der Waals surface area contributed by atoms with Gasteiger partial charge in [-0.3, -0.25) is 0 Å². The molecule has 0 nitrogen and oxygen atoms in total. The van der Waals surface area contributed by atoms with Crippen molar-refractivity contribution in [2.75, 3.05) is 0 Å². The van der Waals surface area contributed by atoms with Gasteiger partial charge in [0, 0.05) is 0 Å². The lowest BCUT2D eigenvalue weighted by Crippen LogP contribution is -2.28. The second kappa shape index (κ2) is 10.7. The van der Waals surface area contributed by atoms with Crippen molar-refractivity contribution in [1.29, 1.82) is 0 Å². The molecule has 0 heterocycles. The molecular weight excluding hydrogens is 528 g/mol. The highest BCUT2D eigenvalue weighted by Crippen LogP contribution is 2.56. The highest BCUT2D eigenvalue weighted by atomic mass is 14.5. The third-order valence-corrected chi connectivity index (χ3v) is 9.24. The molecule has 7 aromatic rings. The smallest absolute Gasteiger partial charge is 0.0622 e. The van der Waals surface area contributed by atoms with E-state index in [0.717, 1.165) is 0 Å². The van der Waals surface area contributed by atoms with E-state index in [9.17, 15) is 0 Å². The van der Waals surface area contributed by atoms with Gasteiger partial charge in [0.05, 0.1) is 5.41 Å². The molecule has 44 heavy (non-hydrogen) atoms. The highest BCUT2D eigenvalue weighted by molar-refractivity contribution is 5.87. The molecule has 0 aromatic heterocycles. The quantitative estimate of drug-likeness (QED) is 0.196. The summed E-state index contributed by atoms with van der Waals surface area (Å²) in [7, 11) is 0. The van der Waals surface area contributed by atoms with Gasteiger partial charge in [0.2, 0.25) is 0 Å². The molecule has 1 aliphatic rings. The second-order valence-corrected chi connectivity index (χ2v) is 11.8. The Balaban J connectivity index is 1.30. The number of hydrogen-bond donors (Lipinski definition) is 0. The van der Waals surface area contributed by atoms with Crippen LogP contribution in [0.4, 0.5) is 0 Å². The fourth-order valence-electron chi connectivity index (χ4n) is 7.18. The van der Waals surface area contributed by atoms with Gasteiger partial charge in [-0.05, 0) is 79.8 Å². The molecule has 0 aliphatic heterocycles. The summed E-state index contributed by atoms with van der Waals surface area (Å²) in [5.74, 6) is 0. The summed E-state index contributed by atoms with van der Waals surface area (Å²) < 4.78 is 0. The summed E-state index contributed by atoms with van der Waals surface area (Å²) >= 11 is 0. The molecule has 8 rings (SSSR count). The monoisotopic (exact) mass is 560 g/mol. The van der Waals surface area contributed by atoms with Crippen LogP contribution in [0.2, 0.25) is 0 Å². The molecular formula is C44H32. The van der Waals surface area contributed by atoms with Crippen LogP contribution >= 0.6 is 0 Å². The van der Waals surface area contributed by atoms with Crippen molar-refractivity contribution in [2.24, 2.45) is 0 Å². The number of aryl methyl sites for hydroxylation is 1. The van der Waals surface area contributed by atoms with Gasteiger partial charge in [0.1, 0.15) is 0 Å². The molecule has 1 aliphatic carbocycles. The first-order valence-corrected chi connectivity index (χ1v) is 15.4. The Hall–Kier alpha value is -5.46. The summed E-state index contributed by atoms with van der Waals surface area (Å²) in [6.45, 7) is 2.15. The fourth-order valence-corrected chi connectivity index (χ4v) is 7.18. The summed E-state index contributed by atoms with van der Waals surface area (Å²) in [6, 6.07) is 64.7. The third kappa shape index (κ3) is 4.22. The zero-order valence-electron chi connectivity index (χ0n) is 24.7. The van der Waals surface area contributed by atoms with Crippen LogP contribution in [0.5, 0.6) is 0 Å². The SMILES string of the molecule is Cc1cccc(-c2ccc(-c3cccc(C4(c5ccc(-c6ccccc6)cc5)c5ccccc5-c5ccccc54)c3)cc2)c1. The zero-order valence-corrected chi connectivity index (χ0v) is 24.7. The first kappa shape index (κ1) is 26.2. The van der Waals surface area contributed by atoms with Crippen molar-refractivity contribution in [3.63, 3.8) is 0 Å². The maximum Gasteiger partial charge on any atom is 0.0713 e. The van der Waals surface area contributed by atoms with Gasteiger partial charge in [-0.25, -0.2) is 0 Å². The molecule has 0 spiro atoms. The minimum absolute atomic E-state index is 0.431. The first-order chi connectivity index (χ1) is 21.7. The van der Waals surface area contributed by atoms with E-state index in [2.05, 4.69) is 183 Å². The number of fused-ring (bicyclic) bond motifs is 3. The molecule has 0 heteroatoms. The molecule has 0 N–H and O–H groups in total. The molecule has 0 radical (unpaired) electrons. The van der Waals surface area contributed by atoms with Gasteiger partial charge < -0.3 is 0 Å². The Kier molecular flexibility index (Phi) is 6.35. The standard InChI is InChI=1S/C44H32/c1-31-11-9-14-36(29-31)34-21-23-35(24-22-34)37-15-10-16-39(30-37)44(38-27-25-33(26-28-38)32-12-3-2-4-13-32)42-19-7-5-17-40(42)41-18-6-8-20-43(41)44/h2-30H,1H3. The molecule has 0 saturated heterocycles. The molecule has 0 amide bonds. The van der Waals surface area contributed by atoms with E-state index in [1.54, 1.807) is 0 Å². The average molecular weight is 561 g/mol. The fraction of sp³-hybridized carbons (Fsp3) is 0.0455. The molecule has 0 saturated carbocycles. The second-order valence-electron chi connectivity index (χ2n) is 11.8. The van der Waals surface area contributed by atoms with Crippen LogP contribution < -0.4 is 0 Å². The number of benzene rings is 7. The topological polar surface area (TPSA) is 0 Å². The lowest BCUT2D eigenvalue weighted by atomic mass is 9.67. The molecule has 0 atom stereocenters. The maximum atomic E-state index is 2.41. The Morgan fingerprint density at radius 2 is 0.773 bits per heavy atom. The number of hydrogen-bond acceptors (Lipinski definition) is 0. The van der Waals surface area contributed by atoms with E-state index in [0.29, 0.717) is 0 Å². The Bertz CT molecular complexity index is 2050. The summed E-state index contributed by atoms with van der Waals surface area (Å²) in [4.78, 5) is 0. The largest absolute Gasteiger partial charge is 0.0713 e. The maximum absolute atomic E-state index is 2.41. The van der Waals surface area contributed by atoms with E-state index in [1.165, 1.54) is 72.3 Å². The van der Waals surface area contributed by atoms with Crippen LogP contribution in [0.25, 0.3) is 44.5 Å². The van der Waals surface area contributed by atoms with E-state index < -0.39 is 5.41 Å². The normalized spacial score (nSPS) is 12.8. The summed E-state index contributed by atoms with van der Waals surface area (Å²) in [6.07, 6.45) is 0. The van der Waals surface area contributed by atoms with Crippen LogP contribution in [-0.2, 0) is 5.41 Å². The molecule has 0 unspecified atom stereocenters. The van der Waals surface area contributed by atoms with Crippen LogP contribution in [0, 0.1) is 6.92 Å². The summed E-state index contributed by atoms with van der Waals surface area (Å²) in [5, 5.41) is 0. The molecule has 0 bridgehead atoms. The summed E-state index contributed by atoms with van der Waals surface area (Å²) in [5.41, 5.74) is 16.1. The molecule has 208 valence electrons. The minimum Gasteiger partial charge on any atom is -0.0622 e. The van der Waals surface area contributed by atoms with E-state index in [4.69, 9.17) is 0 Å². The minimum atomic E-state index is -0.431. The first-order valence-electron chi connectivity index (χ1n) is 15.4. The van der Waals surface area contributed by atoms with Gasteiger partial charge in [-0.15, -0.1) is 0 Å².